The predicted molar refractivity (Wildman–Crippen MR) is 124 cm³/mol. The van der Waals surface area contributed by atoms with E-state index in [0.717, 1.165) is 0 Å². The van der Waals surface area contributed by atoms with Crippen molar-refractivity contribution in [2.45, 2.75) is 95.9 Å². The summed E-state index contributed by atoms with van der Waals surface area (Å²) in [5.41, 5.74) is -0.760. The number of ketones is 1. The van der Waals surface area contributed by atoms with E-state index in [1.165, 1.54) is 6.20 Å². The molecule has 0 saturated carbocycles. The molecule has 1 aromatic heterocycles. The highest BCUT2D eigenvalue weighted by molar-refractivity contribution is 6.84. The molecule has 2 aliphatic rings. The Morgan fingerprint density at radius 3 is 1.97 bits per heavy atom. The Morgan fingerprint density at radius 1 is 0.906 bits per heavy atom. The molecule has 0 radical (unpaired) electrons. The third kappa shape index (κ3) is 4.14. The van der Waals surface area contributed by atoms with Crippen LogP contribution in [0.5, 0.6) is 0 Å². The average molecular weight is 485 g/mol. The molecule has 2 aliphatic heterocycles. The lowest BCUT2D eigenvalue weighted by Crippen LogP contribution is -2.65. The van der Waals surface area contributed by atoms with Crippen molar-refractivity contribution in [3.05, 3.63) is 32.6 Å². The lowest BCUT2D eigenvalue weighted by molar-refractivity contribution is -0.127. The Balaban J connectivity index is 2.09. The number of ether oxygens (including phenoxy) is 1. The highest BCUT2D eigenvalue weighted by Crippen LogP contribution is 2.47. The van der Waals surface area contributed by atoms with Gasteiger partial charge in [-0.25, -0.2) is 4.79 Å². The molecule has 0 amide bonds. The Labute approximate surface area is 190 Å². The molecule has 3 rings (SSSR count). The van der Waals surface area contributed by atoms with Crippen molar-refractivity contribution >= 4 is 22.9 Å². The van der Waals surface area contributed by atoms with Crippen molar-refractivity contribution < 1.29 is 22.5 Å². The van der Waals surface area contributed by atoms with Crippen LogP contribution in [-0.4, -0.2) is 51.7 Å². The van der Waals surface area contributed by atoms with Crippen molar-refractivity contribution in [2.75, 3.05) is 6.61 Å². The summed E-state index contributed by atoms with van der Waals surface area (Å²) in [5.74, 6) is -0.346. The van der Waals surface area contributed by atoms with Crippen molar-refractivity contribution in [1.29, 1.82) is 0 Å². The van der Waals surface area contributed by atoms with Crippen LogP contribution < -0.4 is 11.2 Å². The Morgan fingerprint density at radius 2 is 1.47 bits per heavy atom. The molecule has 2 N–H and O–H groups in total. The smallest absolute Gasteiger partial charge is 0.335 e. The molecule has 180 valence electrons. The molecular weight excluding hydrogens is 448 g/mol. The normalized spacial score (nSPS) is 27.8. The van der Waals surface area contributed by atoms with Gasteiger partial charge in [-0.1, -0.05) is 55.4 Å². The van der Waals surface area contributed by atoms with Gasteiger partial charge in [0.25, 0.3) is 5.56 Å². The monoisotopic (exact) mass is 484 g/mol. The Kier molecular flexibility index (Phi) is 7.19. The van der Waals surface area contributed by atoms with Gasteiger partial charge in [-0.15, -0.1) is 0 Å². The van der Waals surface area contributed by atoms with Crippen LogP contribution in [0.4, 0.5) is 0 Å². The van der Waals surface area contributed by atoms with E-state index in [1.807, 2.05) is 0 Å². The Hall–Kier alpha value is -1.38. The van der Waals surface area contributed by atoms with Gasteiger partial charge in [-0.2, -0.15) is 0 Å². The first kappa shape index (κ1) is 25.3. The summed E-state index contributed by atoms with van der Waals surface area (Å²) in [6.45, 7) is 16.9. The fourth-order valence-corrected chi connectivity index (χ4v) is 16.0. The number of aromatic amines is 2. The van der Waals surface area contributed by atoms with Crippen LogP contribution in [0, 0.1) is 0 Å². The van der Waals surface area contributed by atoms with E-state index in [0.29, 0.717) is 0 Å². The summed E-state index contributed by atoms with van der Waals surface area (Å²) >= 11 is 0. The fraction of sp³-hybridized carbons (Fsp3) is 0.762. The molecule has 0 unspecified atom stereocenters. The number of fused-ring (bicyclic) bond motifs is 1. The minimum absolute atomic E-state index is 0.0588. The number of carbonyl (C=O) groups is 1. The number of hydrogen-bond acceptors (Lipinski definition) is 7. The number of rotatable bonds is 5. The van der Waals surface area contributed by atoms with Crippen LogP contribution in [0.1, 0.15) is 67.1 Å². The zero-order chi connectivity index (χ0) is 24.0. The highest BCUT2D eigenvalue weighted by Gasteiger charge is 2.61. The van der Waals surface area contributed by atoms with Crippen molar-refractivity contribution in [2.24, 2.45) is 0 Å². The molecule has 0 spiro atoms. The summed E-state index contributed by atoms with van der Waals surface area (Å²) in [6, 6.07) is 0. The first-order chi connectivity index (χ1) is 14.9. The molecule has 0 bridgehead atoms. The summed E-state index contributed by atoms with van der Waals surface area (Å²) in [7, 11) is -5.72. The van der Waals surface area contributed by atoms with E-state index in [9.17, 15) is 14.4 Å². The van der Waals surface area contributed by atoms with Gasteiger partial charge in [0.05, 0.1) is 12.2 Å². The van der Waals surface area contributed by atoms with Gasteiger partial charge in [0, 0.05) is 6.20 Å². The first-order valence-electron chi connectivity index (χ1n) is 11.4. The SMILES string of the molecule is CC(C)[Si]1(C(C)C)OC[C@H]2O[C@@H](c3c[nH]c(=O)[nH]c3=O)C(=O)[C@@H]2O[Si](C(C)C)(C(C)C)O1. The maximum absolute atomic E-state index is 13.4. The minimum atomic E-state index is -2.97. The van der Waals surface area contributed by atoms with Gasteiger partial charge in [0.1, 0.15) is 12.2 Å². The third-order valence-corrected chi connectivity index (χ3v) is 16.9. The van der Waals surface area contributed by atoms with E-state index >= 15 is 0 Å². The van der Waals surface area contributed by atoms with E-state index in [-0.39, 0.29) is 40.1 Å². The molecule has 3 heterocycles. The second kappa shape index (κ2) is 9.11. The summed E-state index contributed by atoms with van der Waals surface area (Å²) in [5, 5.41) is 0. The summed E-state index contributed by atoms with van der Waals surface area (Å²) in [4.78, 5) is 41.8. The molecule has 32 heavy (non-hydrogen) atoms. The molecule has 0 aromatic carbocycles. The van der Waals surface area contributed by atoms with E-state index < -0.39 is 46.7 Å². The third-order valence-electron chi connectivity index (χ3n) is 6.64. The quantitative estimate of drug-likeness (QED) is 0.616. The molecular formula is C21H36N2O7Si2. The Bertz CT molecular complexity index is 940. The number of hydrogen-bond donors (Lipinski definition) is 2. The van der Waals surface area contributed by atoms with Crippen molar-refractivity contribution in [1.82, 2.24) is 9.97 Å². The van der Waals surface area contributed by atoms with Gasteiger partial charge in [0.15, 0.2) is 11.9 Å². The van der Waals surface area contributed by atoms with Crippen LogP contribution in [0.3, 0.4) is 0 Å². The predicted octanol–water partition coefficient (Wildman–Crippen LogP) is 3.03. The van der Waals surface area contributed by atoms with Crippen molar-refractivity contribution in [3.63, 3.8) is 0 Å². The second-order valence-corrected chi connectivity index (χ2v) is 18.8. The fourth-order valence-electron chi connectivity index (χ4n) is 4.87. The summed E-state index contributed by atoms with van der Waals surface area (Å²) in [6.07, 6.45) is -1.45. The first-order valence-corrected chi connectivity index (χ1v) is 15.3. The number of nitrogens with one attached hydrogen (secondary N) is 2. The lowest BCUT2D eigenvalue weighted by Gasteiger charge is -2.50. The average Bonchev–Trinajstić information content (AvgIpc) is 2.96. The topological polar surface area (TPSA) is 120 Å². The number of Topliss-reactive ketones (excluding diaryl/α,β-unsaturated/α-hetero) is 1. The van der Waals surface area contributed by atoms with Crippen LogP contribution in [0.2, 0.25) is 22.2 Å². The van der Waals surface area contributed by atoms with Crippen molar-refractivity contribution in [3.8, 4) is 0 Å². The zero-order valence-electron chi connectivity index (χ0n) is 20.2. The zero-order valence-corrected chi connectivity index (χ0v) is 22.2. The maximum atomic E-state index is 13.4. The molecule has 1 aromatic rings. The standard InChI is InChI=1S/C21H36N2O7Si2/c1-11(2)31(12(3)4)27-10-16-19(29-32(30-31,13(5)6)14(7)8)17(24)18(28-16)15-9-22-21(26)23-20(15)25/h9,11-14,16,18-19H,10H2,1-8H3,(H2,22,23,25,26)/t16-,18+,19-/m1/s1. The second-order valence-electron chi connectivity index (χ2n) is 10.00. The molecule has 2 fully saturated rings. The molecule has 3 atom stereocenters. The van der Waals surface area contributed by atoms with Gasteiger partial charge in [0.2, 0.25) is 0 Å². The summed E-state index contributed by atoms with van der Waals surface area (Å²) < 4.78 is 26.4. The molecule has 0 aliphatic carbocycles. The van der Waals surface area contributed by atoms with Crippen LogP contribution >= 0.6 is 0 Å². The van der Waals surface area contributed by atoms with Gasteiger partial charge < -0.3 is 22.7 Å². The van der Waals surface area contributed by atoms with Gasteiger partial charge in [-0.05, 0) is 22.2 Å². The minimum Gasteiger partial charge on any atom is -0.414 e. The maximum Gasteiger partial charge on any atom is 0.335 e. The largest absolute Gasteiger partial charge is 0.414 e. The number of aromatic nitrogens is 2. The van der Waals surface area contributed by atoms with E-state index in [4.69, 9.17) is 17.7 Å². The molecule has 2 saturated heterocycles. The number of H-pyrrole nitrogens is 2. The van der Waals surface area contributed by atoms with Gasteiger partial charge >= 0.3 is 22.8 Å². The van der Waals surface area contributed by atoms with E-state index in [1.54, 1.807) is 0 Å². The van der Waals surface area contributed by atoms with Crippen LogP contribution in [-0.2, 0) is 22.5 Å². The number of carbonyl (C=O) groups excluding carboxylic acids is 1. The molecule has 11 heteroatoms. The molecule has 9 nitrogen and oxygen atoms in total. The highest BCUT2D eigenvalue weighted by atomic mass is 28.5. The van der Waals surface area contributed by atoms with Crippen LogP contribution in [0.15, 0.2) is 15.8 Å². The lowest BCUT2D eigenvalue weighted by atomic mass is 10.1. The van der Waals surface area contributed by atoms with Crippen LogP contribution in [0.25, 0.3) is 0 Å². The van der Waals surface area contributed by atoms with Gasteiger partial charge in [-0.3, -0.25) is 14.6 Å². The van der Waals surface area contributed by atoms with E-state index in [2.05, 4.69) is 65.4 Å².